The van der Waals surface area contributed by atoms with E-state index in [4.69, 9.17) is 10.2 Å². The van der Waals surface area contributed by atoms with Crippen LogP contribution in [-0.2, 0) is 9.59 Å². The predicted octanol–water partition coefficient (Wildman–Crippen LogP) is 1.27. The molecule has 0 spiro atoms. The molecule has 12 heavy (non-hydrogen) atoms. The van der Waals surface area contributed by atoms with Gasteiger partial charge in [0.1, 0.15) is 0 Å². The van der Waals surface area contributed by atoms with Crippen LogP contribution in [0.4, 0.5) is 0 Å². The van der Waals surface area contributed by atoms with E-state index in [1.54, 1.807) is 13.8 Å². The number of hydrogen-bond donors (Lipinski definition) is 2. The van der Waals surface area contributed by atoms with Crippen molar-refractivity contribution in [2.75, 3.05) is 0 Å². The molecule has 0 aliphatic rings. The van der Waals surface area contributed by atoms with Crippen LogP contribution in [0, 0.1) is 0 Å². The Kier molecular flexibility index (Phi) is 4.04. The fourth-order valence-electron chi connectivity index (χ4n) is 0.987. The zero-order chi connectivity index (χ0) is 9.72. The van der Waals surface area contributed by atoms with Gasteiger partial charge in [-0.3, -0.25) is 0 Å². The Morgan fingerprint density at radius 2 is 1.17 bits per heavy atom. The Hall–Kier alpha value is -1.32. The van der Waals surface area contributed by atoms with Crippen molar-refractivity contribution >= 4 is 11.9 Å². The maximum absolute atomic E-state index is 10.5. The molecule has 0 aromatic carbocycles. The van der Waals surface area contributed by atoms with Crippen molar-refractivity contribution in [2.24, 2.45) is 0 Å². The van der Waals surface area contributed by atoms with Crippen LogP contribution in [0.2, 0.25) is 0 Å². The molecule has 0 aliphatic heterocycles. The van der Waals surface area contributed by atoms with Gasteiger partial charge in [0.05, 0.1) is 0 Å². The van der Waals surface area contributed by atoms with Crippen molar-refractivity contribution in [3.8, 4) is 0 Å². The molecule has 68 valence electrons. The molecule has 2 N–H and O–H groups in total. The summed E-state index contributed by atoms with van der Waals surface area (Å²) in [5, 5.41) is 17.2. The third kappa shape index (κ3) is 2.38. The predicted molar refractivity (Wildman–Crippen MR) is 42.9 cm³/mol. The fraction of sp³-hybridized carbons (Fsp3) is 0.500. The Labute approximate surface area is 70.5 Å². The van der Waals surface area contributed by atoms with Gasteiger partial charge in [-0.1, -0.05) is 13.8 Å². The van der Waals surface area contributed by atoms with Crippen LogP contribution >= 0.6 is 0 Å². The van der Waals surface area contributed by atoms with E-state index < -0.39 is 11.9 Å². The average Bonchev–Trinajstić information content (AvgIpc) is 1.98. The Morgan fingerprint density at radius 1 is 0.917 bits per heavy atom. The second kappa shape index (κ2) is 4.54. The molecular weight excluding hydrogens is 160 g/mol. The molecule has 0 aromatic rings. The van der Waals surface area contributed by atoms with Gasteiger partial charge in [0, 0.05) is 11.1 Å². The third-order valence-corrected chi connectivity index (χ3v) is 1.59. The lowest BCUT2D eigenvalue weighted by molar-refractivity contribution is -0.136. The minimum atomic E-state index is -1.14. The van der Waals surface area contributed by atoms with Gasteiger partial charge < -0.3 is 10.2 Å². The van der Waals surface area contributed by atoms with Gasteiger partial charge >= 0.3 is 11.9 Å². The van der Waals surface area contributed by atoms with E-state index >= 15 is 0 Å². The summed E-state index contributed by atoms with van der Waals surface area (Å²) < 4.78 is 0. The summed E-state index contributed by atoms with van der Waals surface area (Å²) in [7, 11) is 0. The van der Waals surface area contributed by atoms with Crippen molar-refractivity contribution in [2.45, 2.75) is 26.7 Å². The van der Waals surface area contributed by atoms with Crippen LogP contribution in [0.25, 0.3) is 0 Å². The van der Waals surface area contributed by atoms with Gasteiger partial charge in [-0.2, -0.15) is 0 Å². The van der Waals surface area contributed by atoms with Crippen molar-refractivity contribution < 1.29 is 19.8 Å². The van der Waals surface area contributed by atoms with Gasteiger partial charge in [0.15, 0.2) is 0 Å². The number of carboxylic acid groups (broad SMARTS) is 2. The minimum Gasteiger partial charge on any atom is -0.478 e. The molecule has 0 saturated heterocycles. The summed E-state index contributed by atoms with van der Waals surface area (Å²) in [6.45, 7) is 3.25. The van der Waals surface area contributed by atoms with Gasteiger partial charge in [-0.25, -0.2) is 9.59 Å². The van der Waals surface area contributed by atoms with Crippen LogP contribution in [0.3, 0.4) is 0 Å². The summed E-state index contributed by atoms with van der Waals surface area (Å²) in [5.41, 5.74) is -0.0185. The van der Waals surface area contributed by atoms with E-state index in [2.05, 4.69) is 0 Å². The highest BCUT2D eigenvalue weighted by molar-refractivity contribution is 5.98. The van der Waals surface area contributed by atoms with Gasteiger partial charge in [0.25, 0.3) is 0 Å². The number of aliphatic carboxylic acids is 2. The van der Waals surface area contributed by atoms with Crippen LogP contribution in [0.1, 0.15) is 26.7 Å². The molecule has 0 heterocycles. The molecule has 0 fully saturated rings. The minimum absolute atomic E-state index is 0.00926. The van der Waals surface area contributed by atoms with Crippen molar-refractivity contribution in [1.82, 2.24) is 0 Å². The van der Waals surface area contributed by atoms with Gasteiger partial charge in [0.2, 0.25) is 0 Å². The summed E-state index contributed by atoms with van der Waals surface area (Å²) in [4.78, 5) is 21.0. The number of hydrogen-bond acceptors (Lipinski definition) is 2. The topological polar surface area (TPSA) is 74.6 Å². The van der Waals surface area contributed by atoms with E-state index in [-0.39, 0.29) is 24.0 Å². The molecular formula is C8H12O4. The van der Waals surface area contributed by atoms with E-state index in [1.807, 2.05) is 0 Å². The molecule has 0 aromatic heterocycles. The monoisotopic (exact) mass is 172 g/mol. The second-order valence-corrected chi connectivity index (χ2v) is 2.27. The van der Waals surface area contributed by atoms with Crippen LogP contribution in [0.15, 0.2) is 11.1 Å². The largest absolute Gasteiger partial charge is 0.478 e. The molecule has 0 rings (SSSR count). The molecule has 0 aliphatic carbocycles. The highest BCUT2D eigenvalue weighted by atomic mass is 16.4. The highest BCUT2D eigenvalue weighted by Crippen LogP contribution is 2.12. The average molecular weight is 172 g/mol. The van der Waals surface area contributed by atoms with Crippen LogP contribution in [-0.4, -0.2) is 22.2 Å². The van der Waals surface area contributed by atoms with Crippen LogP contribution in [0.5, 0.6) is 0 Å². The molecule has 4 nitrogen and oxygen atoms in total. The van der Waals surface area contributed by atoms with E-state index in [0.29, 0.717) is 0 Å². The molecule has 4 heteroatoms. The highest BCUT2D eigenvalue weighted by Gasteiger charge is 2.16. The Balaban J connectivity index is 5.01. The van der Waals surface area contributed by atoms with E-state index in [9.17, 15) is 9.59 Å². The van der Waals surface area contributed by atoms with Crippen LogP contribution < -0.4 is 0 Å². The number of carbonyl (C=O) groups is 2. The quantitative estimate of drug-likeness (QED) is 0.626. The summed E-state index contributed by atoms with van der Waals surface area (Å²) in [6, 6.07) is 0. The number of carboxylic acids is 2. The van der Waals surface area contributed by atoms with E-state index in [1.165, 1.54) is 0 Å². The SMILES string of the molecule is CC/C(C(=O)O)=C(/CC)C(=O)O. The summed E-state index contributed by atoms with van der Waals surface area (Å²) in [6.07, 6.45) is 0.482. The first-order valence-electron chi connectivity index (χ1n) is 3.73. The van der Waals surface area contributed by atoms with Crippen molar-refractivity contribution in [1.29, 1.82) is 0 Å². The standard InChI is InChI=1S/C8H12O4/c1-3-5(7(9)10)6(4-2)8(11)12/h3-4H2,1-2H3,(H,9,10)(H,11,12)/b6-5+. The molecule has 0 saturated carbocycles. The third-order valence-electron chi connectivity index (χ3n) is 1.59. The Bertz CT molecular complexity index is 203. The zero-order valence-electron chi connectivity index (χ0n) is 7.13. The lowest BCUT2D eigenvalue weighted by Crippen LogP contribution is -2.10. The molecule has 0 amide bonds. The smallest absolute Gasteiger partial charge is 0.332 e. The summed E-state index contributed by atoms with van der Waals surface area (Å²) >= 11 is 0. The van der Waals surface area contributed by atoms with Crippen molar-refractivity contribution in [3.63, 3.8) is 0 Å². The first-order valence-corrected chi connectivity index (χ1v) is 3.73. The maximum Gasteiger partial charge on any atom is 0.332 e. The summed E-state index contributed by atoms with van der Waals surface area (Å²) in [5.74, 6) is -2.28. The first-order chi connectivity index (χ1) is 5.54. The Morgan fingerprint density at radius 3 is 1.25 bits per heavy atom. The molecule has 0 bridgehead atoms. The van der Waals surface area contributed by atoms with Gasteiger partial charge in [-0.15, -0.1) is 0 Å². The van der Waals surface area contributed by atoms with E-state index in [0.717, 1.165) is 0 Å². The number of rotatable bonds is 4. The molecule has 0 atom stereocenters. The second-order valence-electron chi connectivity index (χ2n) is 2.27. The lowest BCUT2D eigenvalue weighted by Gasteiger charge is -2.03. The zero-order valence-corrected chi connectivity index (χ0v) is 7.13. The molecule has 0 unspecified atom stereocenters. The van der Waals surface area contributed by atoms with Crippen molar-refractivity contribution in [3.05, 3.63) is 11.1 Å². The fourth-order valence-corrected chi connectivity index (χ4v) is 0.987. The normalized spacial score (nSPS) is 12.2. The molecule has 0 radical (unpaired) electrons. The van der Waals surface area contributed by atoms with Gasteiger partial charge in [-0.05, 0) is 12.8 Å². The first kappa shape index (κ1) is 10.7. The lowest BCUT2D eigenvalue weighted by atomic mass is 10.0. The maximum atomic E-state index is 10.5.